The van der Waals surface area contributed by atoms with Crippen molar-refractivity contribution in [3.05, 3.63) is 12.2 Å². The lowest BCUT2D eigenvalue weighted by Crippen LogP contribution is -2.56. The molecular weight excluding hydrogens is 312 g/mol. The molecule has 0 bridgehead atoms. The molecule has 0 aromatic carbocycles. The third-order valence-corrected chi connectivity index (χ3v) is 7.84. The minimum atomic E-state index is -0.757. The molecule has 3 aliphatic rings. The smallest absolute Gasteiger partial charge is 0.302 e. The molecule has 3 heteroatoms. The molecule has 7 unspecified atom stereocenters. The molecule has 3 rings (SSSR count). The minimum absolute atomic E-state index is 0.0130. The van der Waals surface area contributed by atoms with Crippen LogP contribution in [0.5, 0.6) is 0 Å². The summed E-state index contributed by atoms with van der Waals surface area (Å²) in [6.07, 6.45) is 5.97. The van der Waals surface area contributed by atoms with E-state index < -0.39 is 5.60 Å². The summed E-state index contributed by atoms with van der Waals surface area (Å²) in [5, 5.41) is 11.3. The summed E-state index contributed by atoms with van der Waals surface area (Å²) >= 11 is 0. The summed E-state index contributed by atoms with van der Waals surface area (Å²) in [4.78, 5) is 11.7. The fourth-order valence-corrected chi connectivity index (χ4v) is 6.81. The van der Waals surface area contributed by atoms with Gasteiger partial charge in [0.1, 0.15) is 6.10 Å². The van der Waals surface area contributed by atoms with E-state index in [-0.39, 0.29) is 23.4 Å². The lowest BCUT2D eigenvalue weighted by atomic mass is 9.55. The molecule has 0 saturated heterocycles. The zero-order valence-corrected chi connectivity index (χ0v) is 16.7. The van der Waals surface area contributed by atoms with Crippen LogP contribution in [0.15, 0.2) is 12.2 Å². The molecule has 7 atom stereocenters. The molecule has 0 aromatic rings. The fraction of sp³-hybridized carbons (Fsp3) is 0.864. The topological polar surface area (TPSA) is 46.5 Å². The summed E-state index contributed by atoms with van der Waals surface area (Å²) in [7, 11) is 0. The molecule has 25 heavy (non-hydrogen) atoms. The standard InChI is InChI=1S/C22H36O3/c1-13(2)16-7-8-17-14(3)20-21(5,11-9-18(16)17)19(25-15(4)23)10-12-22(20,6)24/h13,16-20,24H,3,7-12H2,1-2,4-6H3. The molecule has 0 heterocycles. The summed E-state index contributed by atoms with van der Waals surface area (Å²) in [6, 6.07) is 0. The van der Waals surface area contributed by atoms with Crippen LogP contribution < -0.4 is 0 Å². The molecule has 3 nitrogen and oxygen atoms in total. The zero-order chi connectivity index (χ0) is 18.6. The first kappa shape index (κ1) is 18.9. The maximum absolute atomic E-state index is 11.7. The Balaban J connectivity index is 1.99. The van der Waals surface area contributed by atoms with Crippen LogP contribution >= 0.6 is 0 Å². The Labute approximate surface area is 153 Å². The molecule has 0 aromatic heterocycles. The molecule has 0 spiro atoms. The van der Waals surface area contributed by atoms with Crippen LogP contribution in [-0.4, -0.2) is 22.8 Å². The maximum atomic E-state index is 11.7. The van der Waals surface area contributed by atoms with Gasteiger partial charge in [-0.15, -0.1) is 0 Å². The average Bonchev–Trinajstić information content (AvgIpc) is 2.87. The summed E-state index contributed by atoms with van der Waals surface area (Å²) in [5.74, 6) is 2.44. The molecular formula is C22H36O3. The van der Waals surface area contributed by atoms with Crippen molar-refractivity contribution in [3.8, 4) is 0 Å². The lowest BCUT2D eigenvalue weighted by Gasteiger charge is -2.53. The molecule has 0 radical (unpaired) electrons. The van der Waals surface area contributed by atoms with E-state index in [1.54, 1.807) is 0 Å². The first-order chi connectivity index (χ1) is 11.6. The number of ether oxygens (including phenoxy) is 1. The van der Waals surface area contributed by atoms with Crippen LogP contribution in [0.1, 0.15) is 73.1 Å². The van der Waals surface area contributed by atoms with Crippen LogP contribution in [0.25, 0.3) is 0 Å². The van der Waals surface area contributed by atoms with Gasteiger partial charge in [0.15, 0.2) is 0 Å². The largest absolute Gasteiger partial charge is 0.462 e. The highest BCUT2D eigenvalue weighted by Crippen LogP contribution is 2.61. The number of esters is 1. The fourth-order valence-electron chi connectivity index (χ4n) is 6.81. The van der Waals surface area contributed by atoms with Gasteiger partial charge in [-0.3, -0.25) is 4.79 Å². The van der Waals surface area contributed by atoms with E-state index in [9.17, 15) is 9.90 Å². The van der Waals surface area contributed by atoms with E-state index in [4.69, 9.17) is 4.74 Å². The molecule has 0 amide bonds. The Morgan fingerprint density at radius 1 is 1.20 bits per heavy atom. The minimum Gasteiger partial charge on any atom is -0.462 e. The van der Waals surface area contributed by atoms with Gasteiger partial charge in [0.2, 0.25) is 0 Å². The van der Waals surface area contributed by atoms with Crippen molar-refractivity contribution in [3.63, 3.8) is 0 Å². The van der Waals surface area contributed by atoms with E-state index in [0.29, 0.717) is 24.2 Å². The second-order valence-electron chi connectivity index (χ2n) is 9.80. The summed E-state index contributed by atoms with van der Waals surface area (Å²) in [5.41, 5.74) is 0.263. The number of carbonyl (C=O) groups is 1. The Kier molecular flexibility index (Phi) is 4.85. The average molecular weight is 349 g/mol. The van der Waals surface area contributed by atoms with Crippen LogP contribution in [-0.2, 0) is 9.53 Å². The Morgan fingerprint density at radius 3 is 2.48 bits per heavy atom. The quantitative estimate of drug-likeness (QED) is 0.579. The number of carbonyl (C=O) groups excluding carboxylic acids is 1. The molecule has 1 N–H and O–H groups in total. The number of rotatable bonds is 2. The van der Waals surface area contributed by atoms with Crippen LogP contribution in [0, 0.1) is 35.0 Å². The predicted octanol–water partition coefficient (Wildman–Crippen LogP) is 4.73. The van der Waals surface area contributed by atoms with Crippen molar-refractivity contribution in [1.82, 2.24) is 0 Å². The van der Waals surface area contributed by atoms with Crippen molar-refractivity contribution >= 4 is 5.97 Å². The van der Waals surface area contributed by atoms with E-state index in [1.807, 2.05) is 6.92 Å². The van der Waals surface area contributed by atoms with Gasteiger partial charge in [-0.2, -0.15) is 0 Å². The predicted molar refractivity (Wildman–Crippen MR) is 99.9 cm³/mol. The van der Waals surface area contributed by atoms with Crippen LogP contribution in [0.4, 0.5) is 0 Å². The lowest BCUT2D eigenvalue weighted by molar-refractivity contribution is -0.178. The first-order valence-electron chi connectivity index (χ1n) is 10.2. The Morgan fingerprint density at radius 2 is 1.88 bits per heavy atom. The number of aliphatic hydroxyl groups is 1. The Hall–Kier alpha value is -0.830. The van der Waals surface area contributed by atoms with Crippen LogP contribution in [0.2, 0.25) is 0 Å². The van der Waals surface area contributed by atoms with Gasteiger partial charge in [0.05, 0.1) is 5.60 Å². The third kappa shape index (κ3) is 3.07. The van der Waals surface area contributed by atoms with E-state index in [1.165, 1.54) is 25.3 Å². The second kappa shape index (κ2) is 6.40. The van der Waals surface area contributed by atoms with Gasteiger partial charge < -0.3 is 9.84 Å². The Bertz CT molecular complexity index is 549. The maximum Gasteiger partial charge on any atom is 0.302 e. The highest BCUT2D eigenvalue weighted by atomic mass is 16.5. The van der Waals surface area contributed by atoms with E-state index in [0.717, 1.165) is 25.2 Å². The molecule has 0 aliphatic heterocycles. The van der Waals surface area contributed by atoms with Gasteiger partial charge in [-0.1, -0.05) is 32.9 Å². The highest BCUT2D eigenvalue weighted by molar-refractivity contribution is 5.66. The van der Waals surface area contributed by atoms with Crippen molar-refractivity contribution in [2.24, 2.45) is 35.0 Å². The normalized spacial score (nSPS) is 47.2. The SMILES string of the molecule is C=C1C2CCC(C(C)C)C2CCC2(C)C(OC(C)=O)CCC(C)(O)C12. The van der Waals surface area contributed by atoms with E-state index in [2.05, 4.69) is 27.4 Å². The number of hydrogen-bond donors (Lipinski definition) is 1. The van der Waals surface area contributed by atoms with E-state index >= 15 is 0 Å². The zero-order valence-electron chi connectivity index (χ0n) is 16.7. The second-order valence-corrected chi connectivity index (χ2v) is 9.80. The molecule has 3 saturated carbocycles. The summed E-state index contributed by atoms with van der Waals surface area (Å²) < 4.78 is 5.77. The monoisotopic (exact) mass is 348 g/mol. The van der Waals surface area contributed by atoms with Crippen LogP contribution in [0.3, 0.4) is 0 Å². The van der Waals surface area contributed by atoms with Gasteiger partial charge in [-0.05, 0) is 69.1 Å². The molecule has 3 aliphatic carbocycles. The molecule has 142 valence electrons. The first-order valence-corrected chi connectivity index (χ1v) is 10.2. The van der Waals surface area contributed by atoms with Gasteiger partial charge in [0, 0.05) is 18.3 Å². The van der Waals surface area contributed by atoms with Crippen molar-refractivity contribution in [1.29, 1.82) is 0 Å². The number of hydrogen-bond acceptors (Lipinski definition) is 3. The van der Waals surface area contributed by atoms with Gasteiger partial charge >= 0.3 is 5.97 Å². The third-order valence-electron chi connectivity index (χ3n) is 7.84. The summed E-state index contributed by atoms with van der Waals surface area (Å²) in [6.45, 7) is 14.9. The van der Waals surface area contributed by atoms with Crippen molar-refractivity contribution < 1.29 is 14.6 Å². The van der Waals surface area contributed by atoms with Crippen molar-refractivity contribution in [2.75, 3.05) is 0 Å². The van der Waals surface area contributed by atoms with Crippen molar-refractivity contribution in [2.45, 2.75) is 84.8 Å². The molecule has 3 fully saturated rings. The highest BCUT2D eigenvalue weighted by Gasteiger charge is 2.59. The van der Waals surface area contributed by atoms with Gasteiger partial charge in [-0.25, -0.2) is 0 Å². The van der Waals surface area contributed by atoms with Gasteiger partial charge in [0.25, 0.3) is 0 Å². The number of fused-ring (bicyclic) bond motifs is 2.